The van der Waals surface area contributed by atoms with Gasteiger partial charge in [-0.05, 0) is 13.3 Å². The van der Waals surface area contributed by atoms with Crippen molar-refractivity contribution >= 4 is 5.69 Å². The average Bonchev–Trinajstić information content (AvgIpc) is 2.17. The van der Waals surface area contributed by atoms with Gasteiger partial charge in [-0.2, -0.15) is 0 Å². The van der Waals surface area contributed by atoms with Crippen LogP contribution in [0, 0.1) is 17.0 Å². The topological polar surface area (TPSA) is 89.4 Å². The maximum atomic E-state index is 10.8. The zero-order chi connectivity index (χ0) is 11.4. The highest BCUT2D eigenvalue weighted by Gasteiger charge is 2.18. The summed E-state index contributed by atoms with van der Waals surface area (Å²) >= 11 is 0. The number of nitro benzene ring substituents is 1. The van der Waals surface area contributed by atoms with E-state index in [1.807, 2.05) is 0 Å². The van der Waals surface area contributed by atoms with Gasteiger partial charge in [0.25, 0.3) is 5.69 Å². The van der Waals surface area contributed by atoms with E-state index in [0.29, 0.717) is 17.5 Å². The molecule has 0 radical (unpaired) electrons. The van der Waals surface area contributed by atoms with Crippen molar-refractivity contribution in [1.29, 1.82) is 0 Å². The van der Waals surface area contributed by atoms with Crippen molar-refractivity contribution in [3.8, 4) is 0 Å². The highest BCUT2D eigenvalue weighted by Crippen LogP contribution is 2.23. The second kappa shape index (κ2) is 4.86. The number of benzene rings is 1. The fraction of sp³-hybridized carbons (Fsp3) is 0.400. The van der Waals surface area contributed by atoms with Crippen molar-refractivity contribution in [1.82, 2.24) is 0 Å². The number of nitrogens with zero attached hydrogens (tertiary/aromatic N) is 1. The number of nitro groups is 1. The molecule has 0 aliphatic heterocycles. The molecular formula is C10H14N2O3. The monoisotopic (exact) mass is 210 g/mol. The molecular weight excluding hydrogens is 196 g/mol. The maximum absolute atomic E-state index is 10.8. The predicted octanol–water partition coefficient (Wildman–Crippen LogP) is 0.765. The van der Waals surface area contributed by atoms with Crippen LogP contribution in [-0.4, -0.2) is 22.7 Å². The molecule has 1 unspecified atom stereocenters. The molecule has 1 atom stereocenters. The molecule has 5 nitrogen and oxygen atoms in total. The Morgan fingerprint density at radius 3 is 2.80 bits per heavy atom. The van der Waals surface area contributed by atoms with Gasteiger partial charge in [0.2, 0.25) is 0 Å². The number of hydrogen-bond acceptors (Lipinski definition) is 4. The van der Waals surface area contributed by atoms with Gasteiger partial charge >= 0.3 is 0 Å². The number of aliphatic hydroxyl groups excluding tert-OH is 1. The van der Waals surface area contributed by atoms with Gasteiger partial charge in [0, 0.05) is 17.2 Å². The fourth-order valence-corrected chi connectivity index (χ4v) is 1.49. The second-order valence-electron chi connectivity index (χ2n) is 3.49. The molecule has 1 aromatic carbocycles. The summed E-state index contributed by atoms with van der Waals surface area (Å²) in [5.74, 6) is 0. The lowest BCUT2D eigenvalue weighted by molar-refractivity contribution is -0.386. The van der Waals surface area contributed by atoms with Crippen LogP contribution in [0.15, 0.2) is 18.2 Å². The molecule has 5 heteroatoms. The van der Waals surface area contributed by atoms with Gasteiger partial charge in [-0.1, -0.05) is 18.2 Å². The highest BCUT2D eigenvalue weighted by atomic mass is 16.6. The van der Waals surface area contributed by atoms with Gasteiger partial charge in [0.15, 0.2) is 0 Å². The summed E-state index contributed by atoms with van der Waals surface area (Å²) in [4.78, 5) is 10.4. The minimum Gasteiger partial charge on any atom is -0.395 e. The molecule has 0 saturated heterocycles. The van der Waals surface area contributed by atoms with Gasteiger partial charge in [-0.15, -0.1) is 0 Å². The summed E-state index contributed by atoms with van der Waals surface area (Å²) < 4.78 is 0. The fourth-order valence-electron chi connectivity index (χ4n) is 1.49. The molecule has 1 aromatic rings. The number of nitrogens with two attached hydrogens (primary N) is 1. The van der Waals surface area contributed by atoms with E-state index in [9.17, 15) is 10.1 Å². The number of aliphatic hydroxyl groups is 1. The summed E-state index contributed by atoms with van der Waals surface area (Å²) in [5, 5.41) is 19.6. The van der Waals surface area contributed by atoms with Crippen LogP contribution in [0.2, 0.25) is 0 Å². The predicted molar refractivity (Wildman–Crippen MR) is 56.6 cm³/mol. The van der Waals surface area contributed by atoms with E-state index in [4.69, 9.17) is 10.8 Å². The lowest BCUT2D eigenvalue weighted by Gasteiger charge is -2.09. The van der Waals surface area contributed by atoms with Crippen molar-refractivity contribution in [2.45, 2.75) is 19.4 Å². The van der Waals surface area contributed by atoms with E-state index < -0.39 is 11.0 Å². The third-order valence-corrected chi connectivity index (χ3v) is 2.22. The van der Waals surface area contributed by atoms with Crippen LogP contribution in [0.3, 0.4) is 0 Å². The summed E-state index contributed by atoms with van der Waals surface area (Å²) in [6, 6.07) is 4.65. The second-order valence-corrected chi connectivity index (χ2v) is 3.49. The van der Waals surface area contributed by atoms with Gasteiger partial charge in [0.1, 0.15) is 0 Å². The Labute approximate surface area is 87.7 Å². The molecule has 1 rings (SSSR count). The molecule has 3 N–H and O–H groups in total. The summed E-state index contributed by atoms with van der Waals surface area (Å²) in [6.45, 7) is 1.51. The van der Waals surface area contributed by atoms with Crippen LogP contribution in [0.25, 0.3) is 0 Å². The van der Waals surface area contributed by atoms with Crippen molar-refractivity contribution in [2.24, 2.45) is 5.73 Å². The summed E-state index contributed by atoms with van der Waals surface area (Å²) in [6.07, 6.45) is 0.314. The Morgan fingerprint density at radius 1 is 1.60 bits per heavy atom. The standard InChI is InChI=1S/C10H14N2O3/c1-7-3-2-4-8(5-9(11)6-13)10(7)12(14)15/h2-4,9,13H,5-6,11H2,1H3. The summed E-state index contributed by atoms with van der Waals surface area (Å²) in [5.41, 5.74) is 6.83. The molecule has 82 valence electrons. The van der Waals surface area contributed by atoms with Gasteiger partial charge < -0.3 is 10.8 Å². The Balaban J connectivity index is 3.06. The van der Waals surface area contributed by atoms with E-state index in [1.165, 1.54) is 0 Å². The van der Waals surface area contributed by atoms with Crippen LogP contribution in [-0.2, 0) is 6.42 Å². The van der Waals surface area contributed by atoms with E-state index >= 15 is 0 Å². The number of aryl methyl sites for hydroxylation is 1. The Hall–Kier alpha value is -1.46. The normalized spacial score (nSPS) is 12.5. The van der Waals surface area contributed by atoms with Crippen LogP contribution in [0.1, 0.15) is 11.1 Å². The highest BCUT2D eigenvalue weighted by molar-refractivity contribution is 5.47. The Bertz CT molecular complexity index is 366. The molecule has 0 saturated carbocycles. The zero-order valence-electron chi connectivity index (χ0n) is 8.51. The minimum absolute atomic E-state index is 0.0985. The number of para-hydroxylation sites is 1. The molecule has 0 spiro atoms. The van der Waals surface area contributed by atoms with Gasteiger partial charge in [-0.25, -0.2) is 0 Å². The summed E-state index contributed by atoms with van der Waals surface area (Å²) in [7, 11) is 0. The quantitative estimate of drug-likeness (QED) is 0.567. The first-order chi connectivity index (χ1) is 7.06. The van der Waals surface area contributed by atoms with Crippen LogP contribution < -0.4 is 5.73 Å². The first-order valence-electron chi connectivity index (χ1n) is 4.65. The Morgan fingerprint density at radius 2 is 2.27 bits per heavy atom. The van der Waals surface area contributed by atoms with E-state index in [1.54, 1.807) is 25.1 Å². The van der Waals surface area contributed by atoms with Crippen LogP contribution in [0.5, 0.6) is 0 Å². The number of rotatable bonds is 4. The lowest BCUT2D eigenvalue weighted by atomic mass is 10.0. The minimum atomic E-state index is -0.453. The molecule has 0 aliphatic rings. The van der Waals surface area contributed by atoms with Crippen molar-refractivity contribution in [3.63, 3.8) is 0 Å². The molecule has 0 bridgehead atoms. The van der Waals surface area contributed by atoms with Gasteiger partial charge in [-0.3, -0.25) is 10.1 Å². The molecule has 0 fully saturated rings. The molecule has 15 heavy (non-hydrogen) atoms. The molecule has 0 aromatic heterocycles. The van der Waals surface area contributed by atoms with Crippen LogP contribution >= 0.6 is 0 Å². The van der Waals surface area contributed by atoms with E-state index in [0.717, 1.165) is 0 Å². The zero-order valence-corrected chi connectivity index (χ0v) is 8.51. The third kappa shape index (κ3) is 2.74. The van der Waals surface area contributed by atoms with E-state index in [2.05, 4.69) is 0 Å². The molecule has 0 amide bonds. The smallest absolute Gasteiger partial charge is 0.275 e. The Kier molecular flexibility index (Phi) is 3.76. The van der Waals surface area contributed by atoms with Gasteiger partial charge in [0.05, 0.1) is 11.5 Å². The third-order valence-electron chi connectivity index (χ3n) is 2.22. The lowest BCUT2D eigenvalue weighted by Crippen LogP contribution is -2.27. The first-order valence-corrected chi connectivity index (χ1v) is 4.65. The van der Waals surface area contributed by atoms with Crippen molar-refractivity contribution in [2.75, 3.05) is 6.61 Å². The van der Waals surface area contributed by atoms with Crippen molar-refractivity contribution in [3.05, 3.63) is 39.4 Å². The van der Waals surface area contributed by atoms with E-state index in [-0.39, 0.29) is 12.3 Å². The maximum Gasteiger partial charge on any atom is 0.275 e. The SMILES string of the molecule is Cc1cccc(CC(N)CO)c1[N+](=O)[O-]. The molecule has 0 heterocycles. The number of hydrogen-bond donors (Lipinski definition) is 2. The largest absolute Gasteiger partial charge is 0.395 e. The molecule has 0 aliphatic carbocycles. The van der Waals surface area contributed by atoms with Crippen molar-refractivity contribution < 1.29 is 10.0 Å². The average molecular weight is 210 g/mol. The first kappa shape index (κ1) is 11.6. The van der Waals surface area contributed by atoms with Crippen LogP contribution in [0.4, 0.5) is 5.69 Å².